The predicted octanol–water partition coefficient (Wildman–Crippen LogP) is 2.39. The van der Waals surface area contributed by atoms with Gasteiger partial charge in [0.2, 0.25) is 6.79 Å². The lowest BCUT2D eigenvalue weighted by molar-refractivity contribution is 0.174. The average molecular weight is 296 g/mol. The summed E-state index contributed by atoms with van der Waals surface area (Å²) in [5.74, 6) is 1.69. The molecule has 2 aliphatic rings. The molecular formula is C18H20N2O2. The highest BCUT2D eigenvalue weighted by Crippen LogP contribution is 2.32. The largest absolute Gasteiger partial charge is 0.454 e. The number of hydrogen-bond acceptors (Lipinski definition) is 4. The van der Waals surface area contributed by atoms with Crippen molar-refractivity contribution in [2.45, 2.75) is 19.0 Å². The Morgan fingerprint density at radius 1 is 1.09 bits per heavy atom. The molecule has 0 radical (unpaired) electrons. The van der Waals surface area contributed by atoms with Gasteiger partial charge in [0, 0.05) is 19.1 Å². The standard InChI is InChI=1S/C18H20N2O2/c1-2-4-15-14(3-1)7-8-20-16(15)11-19-10-13-5-6-17-18(9-13)22-12-21-17/h1-6,9,16,19-20H,7-8,10-12H2/t16-/m1/s1. The molecule has 0 amide bonds. The highest BCUT2D eigenvalue weighted by Gasteiger charge is 2.18. The molecule has 0 saturated heterocycles. The Morgan fingerprint density at radius 3 is 3.00 bits per heavy atom. The summed E-state index contributed by atoms with van der Waals surface area (Å²) in [6, 6.07) is 15.2. The van der Waals surface area contributed by atoms with Crippen molar-refractivity contribution in [3.8, 4) is 11.5 Å². The number of benzene rings is 2. The summed E-state index contributed by atoms with van der Waals surface area (Å²) in [4.78, 5) is 0. The Labute approximate surface area is 130 Å². The van der Waals surface area contributed by atoms with Gasteiger partial charge in [-0.15, -0.1) is 0 Å². The molecule has 2 aliphatic heterocycles. The first-order valence-electron chi connectivity index (χ1n) is 7.80. The molecular weight excluding hydrogens is 276 g/mol. The van der Waals surface area contributed by atoms with Crippen LogP contribution >= 0.6 is 0 Å². The minimum atomic E-state index is 0.328. The number of ether oxygens (including phenoxy) is 2. The third-order valence-corrected chi connectivity index (χ3v) is 4.33. The molecule has 1 atom stereocenters. The lowest BCUT2D eigenvalue weighted by Crippen LogP contribution is -2.36. The first-order chi connectivity index (χ1) is 10.9. The van der Waals surface area contributed by atoms with Crippen LogP contribution in [0.1, 0.15) is 22.7 Å². The maximum absolute atomic E-state index is 5.42. The van der Waals surface area contributed by atoms with Gasteiger partial charge < -0.3 is 20.1 Å². The second-order valence-corrected chi connectivity index (χ2v) is 5.77. The van der Waals surface area contributed by atoms with Crippen molar-refractivity contribution >= 4 is 0 Å². The Morgan fingerprint density at radius 2 is 2.00 bits per heavy atom. The van der Waals surface area contributed by atoms with E-state index in [0.29, 0.717) is 12.8 Å². The Hall–Kier alpha value is -2.04. The molecule has 4 nitrogen and oxygen atoms in total. The van der Waals surface area contributed by atoms with E-state index in [9.17, 15) is 0 Å². The first-order valence-corrected chi connectivity index (χ1v) is 7.80. The van der Waals surface area contributed by atoms with E-state index in [2.05, 4.69) is 47.0 Å². The molecule has 4 heteroatoms. The normalized spacial score (nSPS) is 19.0. The first kappa shape index (κ1) is 13.6. The van der Waals surface area contributed by atoms with Crippen LogP contribution in [0.4, 0.5) is 0 Å². The summed E-state index contributed by atoms with van der Waals surface area (Å²) in [6.45, 7) is 3.13. The van der Waals surface area contributed by atoms with E-state index < -0.39 is 0 Å². The minimum absolute atomic E-state index is 0.328. The smallest absolute Gasteiger partial charge is 0.231 e. The van der Waals surface area contributed by atoms with Crippen molar-refractivity contribution in [1.29, 1.82) is 0 Å². The van der Waals surface area contributed by atoms with E-state index in [-0.39, 0.29) is 0 Å². The number of fused-ring (bicyclic) bond motifs is 2. The van der Waals surface area contributed by atoms with E-state index in [0.717, 1.165) is 37.6 Å². The van der Waals surface area contributed by atoms with Gasteiger partial charge in [-0.05, 0) is 41.8 Å². The van der Waals surface area contributed by atoms with E-state index in [1.807, 2.05) is 6.07 Å². The third kappa shape index (κ3) is 2.67. The molecule has 0 aliphatic carbocycles. The highest BCUT2D eigenvalue weighted by atomic mass is 16.7. The minimum Gasteiger partial charge on any atom is -0.454 e. The maximum Gasteiger partial charge on any atom is 0.231 e. The van der Waals surface area contributed by atoms with E-state index >= 15 is 0 Å². The molecule has 0 unspecified atom stereocenters. The van der Waals surface area contributed by atoms with Gasteiger partial charge in [0.15, 0.2) is 11.5 Å². The van der Waals surface area contributed by atoms with Crippen LogP contribution < -0.4 is 20.1 Å². The lowest BCUT2D eigenvalue weighted by atomic mass is 9.94. The molecule has 0 bridgehead atoms. The molecule has 2 N–H and O–H groups in total. The van der Waals surface area contributed by atoms with Gasteiger partial charge in [0.05, 0.1) is 0 Å². The fourth-order valence-electron chi connectivity index (χ4n) is 3.19. The van der Waals surface area contributed by atoms with Crippen LogP contribution in [0.3, 0.4) is 0 Å². The zero-order valence-corrected chi connectivity index (χ0v) is 12.5. The van der Waals surface area contributed by atoms with Crippen LogP contribution in [0.5, 0.6) is 11.5 Å². The Bertz CT molecular complexity index is 672. The van der Waals surface area contributed by atoms with Crippen LogP contribution in [0.15, 0.2) is 42.5 Å². The van der Waals surface area contributed by atoms with Gasteiger partial charge in [-0.3, -0.25) is 0 Å². The van der Waals surface area contributed by atoms with Crippen LogP contribution in [0.25, 0.3) is 0 Å². The summed E-state index contributed by atoms with van der Waals surface area (Å²) in [5.41, 5.74) is 4.11. The summed E-state index contributed by atoms with van der Waals surface area (Å²) >= 11 is 0. The zero-order chi connectivity index (χ0) is 14.8. The van der Waals surface area contributed by atoms with Gasteiger partial charge in [0.25, 0.3) is 0 Å². The summed E-state index contributed by atoms with van der Waals surface area (Å²) < 4.78 is 10.8. The van der Waals surface area contributed by atoms with Crippen molar-refractivity contribution < 1.29 is 9.47 Å². The molecule has 2 heterocycles. The van der Waals surface area contributed by atoms with Crippen LogP contribution in [0.2, 0.25) is 0 Å². The van der Waals surface area contributed by atoms with Gasteiger partial charge >= 0.3 is 0 Å². The SMILES string of the molecule is c1ccc2c(c1)CCN[C@@H]2CNCc1ccc2c(c1)OCO2. The Balaban J connectivity index is 1.38. The quantitative estimate of drug-likeness (QED) is 0.909. The second kappa shape index (κ2) is 5.99. The molecule has 4 rings (SSSR count). The predicted molar refractivity (Wildman–Crippen MR) is 85.2 cm³/mol. The summed E-state index contributed by atoms with van der Waals surface area (Å²) in [6.07, 6.45) is 1.12. The summed E-state index contributed by atoms with van der Waals surface area (Å²) in [5, 5.41) is 7.14. The van der Waals surface area contributed by atoms with Gasteiger partial charge in [-0.2, -0.15) is 0 Å². The molecule has 0 aromatic heterocycles. The van der Waals surface area contributed by atoms with Crippen molar-refractivity contribution in [2.24, 2.45) is 0 Å². The lowest BCUT2D eigenvalue weighted by Gasteiger charge is -2.27. The average Bonchev–Trinajstić information content (AvgIpc) is 3.03. The van der Waals surface area contributed by atoms with Gasteiger partial charge in [-0.1, -0.05) is 30.3 Å². The second-order valence-electron chi connectivity index (χ2n) is 5.77. The van der Waals surface area contributed by atoms with Crippen molar-refractivity contribution in [3.05, 3.63) is 59.2 Å². The van der Waals surface area contributed by atoms with Crippen molar-refractivity contribution in [1.82, 2.24) is 10.6 Å². The molecule has 114 valence electrons. The zero-order valence-electron chi connectivity index (χ0n) is 12.5. The van der Waals surface area contributed by atoms with Crippen molar-refractivity contribution in [3.63, 3.8) is 0 Å². The van der Waals surface area contributed by atoms with Gasteiger partial charge in [-0.25, -0.2) is 0 Å². The van der Waals surface area contributed by atoms with Crippen LogP contribution in [0, 0.1) is 0 Å². The van der Waals surface area contributed by atoms with E-state index in [1.54, 1.807) is 0 Å². The fourth-order valence-corrected chi connectivity index (χ4v) is 3.19. The molecule has 0 spiro atoms. The third-order valence-electron chi connectivity index (χ3n) is 4.33. The van der Waals surface area contributed by atoms with E-state index in [1.165, 1.54) is 16.7 Å². The van der Waals surface area contributed by atoms with Crippen LogP contribution in [-0.4, -0.2) is 19.9 Å². The molecule has 0 fully saturated rings. The number of hydrogen-bond donors (Lipinski definition) is 2. The molecule has 22 heavy (non-hydrogen) atoms. The summed E-state index contributed by atoms with van der Waals surface area (Å²) in [7, 11) is 0. The maximum atomic E-state index is 5.42. The molecule has 2 aromatic carbocycles. The molecule has 2 aromatic rings. The molecule has 0 saturated carbocycles. The van der Waals surface area contributed by atoms with Crippen molar-refractivity contribution in [2.75, 3.05) is 19.9 Å². The monoisotopic (exact) mass is 296 g/mol. The fraction of sp³-hybridized carbons (Fsp3) is 0.333. The number of nitrogens with one attached hydrogen (secondary N) is 2. The highest BCUT2D eigenvalue weighted by molar-refractivity contribution is 5.44. The van der Waals surface area contributed by atoms with Gasteiger partial charge in [0.1, 0.15) is 0 Å². The van der Waals surface area contributed by atoms with E-state index in [4.69, 9.17) is 9.47 Å². The topological polar surface area (TPSA) is 42.5 Å². The Kier molecular flexibility index (Phi) is 3.70. The van der Waals surface area contributed by atoms with Crippen LogP contribution in [-0.2, 0) is 13.0 Å². The number of rotatable bonds is 4.